The van der Waals surface area contributed by atoms with Crippen molar-refractivity contribution in [3.8, 4) is 0 Å². The molecule has 0 aromatic heterocycles. The lowest BCUT2D eigenvalue weighted by molar-refractivity contribution is -1.02. The average Bonchev–Trinajstić information content (AvgIpc) is 2.72. The molecule has 0 radical (unpaired) electrons. The Kier molecular flexibility index (Phi) is 7.51. The molecule has 1 saturated heterocycles. The second kappa shape index (κ2) is 10.3. The van der Waals surface area contributed by atoms with Gasteiger partial charge in [-0.3, -0.25) is 14.9 Å². The SMILES string of the molecule is Cc1ccc(C[NH+]2CC[NH+](CC(=O)N/N=C\c3ccc(Cl)c([N+](=O)[O-])c3)CC2)cc1. The Morgan fingerprint density at radius 3 is 2.50 bits per heavy atom. The smallest absolute Gasteiger partial charge is 0.295 e. The summed E-state index contributed by atoms with van der Waals surface area (Å²) in [4.78, 5) is 25.3. The van der Waals surface area contributed by atoms with Gasteiger partial charge in [0, 0.05) is 17.2 Å². The van der Waals surface area contributed by atoms with Gasteiger partial charge in [-0.1, -0.05) is 47.5 Å². The van der Waals surface area contributed by atoms with Crippen LogP contribution in [0.1, 0.15) is 16.7 Å². The van der Waals surface area contributed by atoms with E-state index in [4.69, 9.17) is 11.6 Å². The van der Waals surface area contributed by atoms with E-state index in [1.54, 1.807) is 6.07 Å². The molecule has 0 unspecified atom stereocenters. The maximum Gasteiger partial charge on any atom is 0.295 e. The van der Waals surface area contributed by atoms with E-state index < -0.39 is 4.92 Å². The lowest BCUT2D eigenvalue weighted by atomic mass is 10.1. The molecule has 8 nitrogen and oxygen atoms in total. The van der Waals surface area contributed by atoms with Crippen LogP contribution in [0.15, 0.2) is 47.6 Å². The number of nitro benzene ring substituents is 1. The number of rotatable bonds is 7. The van der Waals surface area contributed by atoms with Gasteiger partial charge in [0.1, 0.15) is 37.7 Å². The van der Waals surface area contributed by atoms with Crippen LogP contribution in [0.4, 0.5) is 5.69 Å². The predicted molar refractivity (Wildman–Crippen MR) is 115 cm³/mol. The molecule has 30 heavy (non-hydrogen) atoms. The van der Waals surface area contributed by atoms with Crippen LogP contribution in [-0.4, -0.2) is 49.8 Å². The molecular weight excluding hydrogens is 406 g/mol. The molecule has 158 valence electrons. The molecule has 3 rings (SSSR count). The fourth-order valence-electron chi connectivity index (χ4n) is 3.50. The first-order chi connectivity index (χ1) is 14.4. The zero-order valence-corrected chi connectivity index (χ0v) is 17.6. The molecule has 2 aromatic carbocycles. The van der Waals surface area contributed by atoms with Crippen LogP contribution < -0.4 is 15.2 Å². The van der Waals surface area contributed by atoms with Gasteiger partial charge >= 0.3 is 0 Å². The fraction of sp³-hybridized carbons (Fsp3) is 0.333. The number of amides is 1. The molecule has 0 aliphatic carbocycles. The van der Waals surface area contributed by atoms with E-state index in [2.05, 4.69) is 41.7 Å². The molecule has 0 bridgehead atoms. The zero-order chi connectivity index (χ0) is 21.5. The van der Waals surface area contributed by atoms with Crippen molar-refractivity contribution in [3.63, 3.8) is 0 Å². The predicted octanol–water partition coefficient (Wildman–Crippen LogP) is -0.00968. The van der Waals surface area contributed by atoms with E-state index in [9.17, 15) is 14.9 Å². The van der Waals surface area contributed by atoms with Crippen molar-refractivity contribution < 1.29 is 19.5 Å². The number of hydrogen-bond donors (Lipinski definition) is 3. The highest BCUT2D eigenvalue weighted by Gasteiger charge is 2.24. The number of hydrazone groups is 1. The van der Waals surface area contributed by atoms with Crippen LogP contribution in [0, 0.1) is 17.0 Å². The van der Waals surface area contributed by atoms with Crippen LogP contribution in [0.2, 0.25) is 5.02 Å². The van der Waals surface area contributed by atoms with Gasteiger partial charge in [-0.2, -0.15) is 5.10 Å². The Morgan fingerprint density at radius 1 is 1.17 bits per heavy atom. The third-order valence-electron chi connectivity index (χ3n) is 5.22. The number of carbonyl (C=O) groups excluding carboxylic acids is 1. The average molecular weight is 432 g/mol. The van der Waals surface area contributed by atoms with Crippen LogP contribution in [0.3, 0.4) is 0 Å². The van der Waals surface area contributed by atoms with Crippen LogP contribution >= 0.6 is 11.6 Å². The summed E-state index contributed by atoms with van der Waals surface area (Å²) in [7, 11) is 0. The summed E-state index contributed by atoms with van der Waals surface area (Å²) < 4.78 is 0. The molecule has 1 heterocycles. The first kappa shape index (κ1) is 21.9. The molecule has 1 aliphatic heterocycles. The molecule has 0 saturated carbocycles. The number of hydrogen-bond acceptors (Lipinski definition) is 4. The van der Waals surface area contributed by atoms with Crippen molar-refractivity contribution >= 4 is 29.4 Å². The topological polar surface area (TPSA) is 93.5 Å². The summed E-state index contributed by atoms with van der Waals surface area (Å²) in [6.07, 6.45) is 1.38. The Hall–Kier alpha value is -2.81. The third kappa shape index (κ3) is 6.35. The normalized spacial score (nSPS) is 19.0. The zero-order valence-electron chi connectivity index (χ0n) is 16.9. The van der Waals surface area contributed by atoms with Crippen LogP contribution in [0.5, 0.6) is 0 Å². The van der Waals surface area contributed by atoms with E-state index in [0.29, 0.717) is 12.1 Å². The van der Waals surface area contributed by atoms with Crippen molar-refractivity contribution in [1.29, 1.82) is 0 Å². The van der Waals surface area contributed by atoms with E-state index >= 15 is 0 Å². The number of nitrogens with one attached hydrogen (secondary N) is 3. The summed E-state index contributed by atoms with van der Waals surface area (Å²) in [6.45, 7) is 7.37. The molecule has 3 N–H and O–H groups in total. The number of nitro groups is 1. The second-order valence-corrected chi connectivity index (χ2v) is 8.01. The van der Waals surface area contributed by atoms with Crippen molar-refractivity contribution in [2.24, 2.45) is 5.10 Å². The lowest BCUT2D eigenvalue weighted by Crippen LogP contribution is -3.28. The quantitative estimate of drug-likeness (QED) is 0.327. The fourth-order valence-corrected chi connectivity index (χ4v) is 3.69. The van der Waals surface area contributed by atoms with E-state index in [0.717, 1.165) is 32.7 Å². The van der Waals surface area contributed by atoms with Gasteiger partial charge in [0.05, 0.1) is 11.1 Å². The van der Waals surface area contributed by atoms with Gasteiger partial charge in [-0.05, 0) is 13.0 Å². The molecule has 1 amide bonds. The minimum Gasteiger partial charge on any atom is -0.322 e. The maximum atomic E-state index is 12.2. The Bertz CT molecular complexity index is 925. The lowest BCUT2D eigenvalue weighted by Gasteiger charge is -2.29. The maximum absolute atomic E-state index is 12.2. The van der Waals surface area contributed by atoms with Crippen molar-refractivity contribution in [3.05, 3.63) is 74.3 Å². The van der Waals surface area contributed by atoms with Crippen molar-refractivity contribution in [1.82, 2.24) is 5.43 Å². The molecule has 2 aromatic rings. The number of aryl methyl sites for hydroxylation is 1. The Labute approximate surface area is 180 Å². The molecule has 1 fully saturated rings. The minimum atomic E-state index is -0.553. The molecular formula is C21H26ClN5O3+2. The monoisotopic (exact) mass is 431 g/mol. The summed E-state index contributed by atoms with van der Waals surface area (Å²) in [5.41, 5.74) is 5.41. The number of piperazine rings is 1. The summed E-state index contributed by atoms with van der Waals surface area (Å²) >= 11 is 5.79. The van der Waals surface area contributed by atoms with E-state index in [1.807, 2.05) is 0 Å². The minimum absolute atomic E-state index is 0.0634. The van der Waals surface area contributed by atoms with Crippen molar-refractivity contribution in [2.45, 2.75) is 13.5 Å². The summed E-state index contributed by atoms with van der Waals surface area (Å²) in [5.74, 6) is -0.174. The van der Waals surface area contributed by atoms with Gasteiger partial charge in [0.25, 0.3) is 11.6 Å². The van der Waals surface area contributed by atoms with Crippen LogP contribution in [-0.2, 0) is 11.3 Å². The summed E-state index contributed by atoms with van der Waals surface area (Å²) in [5, 5.41) is 14.9. The van der Waals surface area contributed by atoms with E-state index in [-0.39, 0.29) is 16.6 Å². The first-order valence-corrected chi connectivity index (χ1v) is 10.3. The summed E-state index contributed by atoms with van der Waals surface area (Å²) in [6, 6.07) is 13.0. The number of carbonyl (C=O) groups is 1. The standard InChI is InChI=1S/C21H24ClN5O3/c1-16-2-4-17(5-3-16)14-25-8-10-26(11-9-25)15-21(28)24-23-13-18-6-7-19(22)20(12-18)27(29)30/h2-7,12-13H,8-11,14-15H2,1H3,(H,24,28)/p+2/b23-13-. The molecule has 1 aliphatic rings. The van der Waals surface area contributed by atoms with Gasteiger partial charge in [-0.25, -0.2) is 5.43 Å². The number of quaternary nitrogens is 2. The largest absolute Gasteiger partial charge is 0.322 e. The number of halogens is 1. The van der Waals surface area contributed by atoms with E-state index in [1.165, 1.54) is 39.3 Å². The Balaban J connectivity index is 1.41. The second-order valence-electron chi connectivity index (χ2n) is 7.60. The van der Waals surface area contributed by atoms with Gasteiger partial charge < -0.3 is 9.80 Å². The number of nitrogens with zero attached hydrogens (tertiary/aromatic N) is 2. The third-order valence-corrected chi connectivity index (χ3v) is 5.54. The van der Waals surface area contributed by atoms with Crippen LogP contribution in [0.25, 0.3) is 0 Å². The van der Waals surface area contributed by atoms with Gasteiger partial charge in [-0.15, -0.1) is 0 Å². The highest BCUT2D eigenvalue weighted by atomic mass is 35.5. The number of benzene rings is 2. The van der Waals surface area contributed by atoms with Crippen molar-refractivity contribution in [2.75, 3.05) is 32.7 Å². The van der Waals surface area contributed by atoms with Gasteiger partial charge in [0.15, 0.2) is 6.54 Å². The molecule has 0 atom stereocenters. The highest BCUT2D eigenvalue weighted by molar-refractivity contribution is 6.32. The Morgan fingerprint density at radius 2 is 1.83 bits per heavy atom. The molecule has 9 heteroatoms. The molecule has 0 spiro atoms. The first-order valence-electron chi connectivity index (χ1n) is 9.89. The highest BCUT2D eigenvalue weighted by Crippen LogP contribution is 2.24. The van der Waals surface area contributed by atoms with Gasteiger partial charge in [0.2, 0.25) is 0 Å².